The number of hydrogen-bond donors (Lipinski definition) is 1. The van der Waals surface area contributed by atoms with Gasteiger partial charge in [-0.3, -0.25) is 4.90 Å². The van der Waals surface area contributed by atoms with E-state index in [2.05, 4.69) is 69.1 Å². The molecule has 0 amide bonds. The lowest BCUT2D eigenvalue weighted by molar-refractivity contribution is 0.0388. The Bertz CT molecular complexity index is 655. The average molecular weight is 463 g/mol. The van der Waals surface area contributed by atoms with Gasteiger partial charge in [-0.2, -0.15) is 0 Å². The van der Waals surface area contributed by atoms with E-state index in [4.69, 9.17) is 21.7 Å². The topological polar surface area (TPSA) is 33.7 Å². The Labute approximate surface area is 202 Å². The number of nitrogens with zero attached hydrogens (tertiary/aromatic N) is 1. The minimum Gasteiger partial charge on any atom is -0.467 e. The van der Waals surface area contributed by atoms with Crippen molar-refractivity contribution in [2.45, 2.75) is 73.1 Å². The normalized spacial score (nSPS) is 16.1. The van der Waals surface area contributed by atoms with Gasteiger partial charge in [0.2, 0.25) is 0 Å². The van der Waals surface area contributed by atoms with Gasteiger partial charge < -0.3 is 14.8 Å². The maximum Gasteiger partial charge on any atom is 0.256 e. The van der Waals surface area contributed by atoms with Crippen LogP contribution < -0.4 is 5.32 Å². The number of morpholine rings is 1. The van der Waals surface area contributed by atoms with Gasteiger partial charge in [0.25, 0.3) is 5.17 Å². The van der Waals surface area contributed by atoms with Crippen molar-refractivity contribution < 1.29 is 9.47 Å². The third kappa shape index (κ3) is 16.2. The Hall–Kier alpha value is -1.43. The molecule has 0 spiro atoms. The standard InChI is InChI=1S/C27H46N2O2S/c1-23(2)9-6-10-24(3)11-7-12-25(4)13-8-14-26(5)15-20-31-27(32)28-16-17-29-18-21-30-22-19-29/h9,11,13,15H,6-8,10,12,14,16-22H2,1-5H3,(H,28,32). The molecule has 1 fully saturated rings. The van der Waals surface area contributed by atoms with E-state index in [1.807, 2.05) is 0 Å². The lowest BCUT2D eigenvalue weighted by Gasteiger charge is -2.26. The first-order valence-electron chi connectivity index (χ1n) is 12.2. The lowest BCUT2D eigenvalue weighted by atomic mass is 10.0. The highest BCUT2D eigenvalue weighted by Crippen LogP contribution is 2.13. The second kappa shape index (κ2) is 18.0. The molecule has 0 atom stereocenters. The predicted molar refractivity (Wildman–Crippen MR) is 142 cm³/mol. The van der Waals surface area contributed by atoms with Gasteiger partial charge in [0.15, 0.2) is 0 Å². The fourth-order valence-corrected chi connectivity index (χ4v) is 3.61. The molecule has 0 saturated carbocycles. The fraction of sp³-hybridized carbons (Fsp3) is 0.667. The Morgan fingerprint density at radius 2 is 1.38 bits per heavy atom. The summed E-state index contributed by atoms with van der Waals surface area (Å²) in [6.07, 6.45) is 16.0. The molecule has 1 aliphatic heterocycles. The van der Waals surface area contributed by atoms with Crippen LogP contribution in [0.3, 0.4) is 0 Å². The molecule has 32 heavy (non-hydrogen) atoms. The summed E-state index contributed by atoms with van der Waals surface area (Å²) in [6, 6.07) is 0. The van der Waals surface area contributed by atoms with Crippen LogP contribution in [0.5, 0.6) is 0 Å². The second-order valence-electron chi connectivity index (χ2n) is 9.03. The molecular weight excluding hydrogens is 416 g/mol. The van der Waals surface area contributed by atoms with Crippen molar-refractivity contribution in [2.75, 3.05) is 46.0 Å². The van der Waals surface area contributed by atoms with Crippen molar-refractivity contribution in [3.63, 3.8) is 0 Å². The van der Waals surface area contributed by atoms with Crippen molar-refractivity contribution in [1.29, 1.82) is 0 Å². The van der Waals surface area contributed by atoms with Crippen LogP contribution >= 0.6 is 12.2 Å². The van der Waals surface area contributed by atoms with Gasteiger partial charge in [-0.1, -0.05) is 40.5 Å². The van der Waals surface area contributed by atoms with E-state index in [1.54, 1.807) is 0 Å². The van der Waals surface area contributed by atoms with E-state index in [0.29, 0.717) is 11.8 Å². The summed E-state index contributed by atoms with van der Waals surface area (Å²) in [6.45, 7) is 17.0. The van der Waals surface area contributed by atoms with Gasteiger partial charge >= 0.3 is 0 Å². The quantitative estimate of drug-likeness (QED) is 0.240. The largest absolute Gasteiger partial charge is 0.467 e. The molecule has 4 nitrogen and oxygen atoms in total. The van der Waals surface area contributed by atoms with Crippen molar-refractivity contribution in [3.05, 3.63) is 46.6 Å². The molecule has 5 heteroatoms. The molecule has 182 valence electrons. The zero-order chi connectivity index (χ0) is 23.6. The minimum atomic E-state index is 0.488. The van der Waals surface area contributed by atoms with Crippen LogP contribution in [0.25, 0.3) is 0 Å². The highest BCUT2D eigenvalue weighted by molar-refractivity contribution is 7.80. The van der Waals surface area contributed by atoms with Crippen molar-refractivity contribution >= 4 is 17.4 Å². The molecule has 0 bridgehead atoms. The summed E-state index contributed by atoms with van der Waals surface area (Å²) < 4.78 is 11.0. The van der Waals surface area contributed by atoms with Gasteiger partial charge in [-0.25, -0.2) is 0 Å². The van der Waals surface area contributed by atoms with Crippen LogP contribution in [0, 0.1) is 0 Å². The molecule has 0 aromatic carbocycles. The first-order chi connectivity index (χ1) is 15.4. The summed E-state index contributed by atoms with van der Waals surface area (Å²) in [5.74, 6) is 0. The summed E-state index contributed by atoms with van der Waals surface area (Å²) in [5.41, 5.74) is 5.74. The zero-order valence-corrected chi connectivity index (χ0v) is 22.0. The third-order valence-electron chi connectivity index (χ3n) is 5.60. The maximum atomic E-state index is 5.62. The molecule has 0 aromatic rings. The lowest BCUT2D eigenvalue weighted by Crippen LogP contribution is -2.41. The summed E-state index contributed by atoms with van der Waals surface area (Å²) in [7, 11) is 0. The predicted octanol–water partition coefficient (Wildman–Crippen LogP) is 6.36. The molecule has 0 radical (unpaired) electrons. The van der Waals surface area contributed by atoms with Crippen LogP contribution in [0.1, 0.15) is 73.1 Å². The first kappa shape index (κ1) is 28.6. The van der Waals surface area contributed by atoms with E-state index in [9.17, 15) is 0 Å². The van der Waals surface area contributed by atoms with Crippen LogP contribution in [0.2, 0.25) is 0 Å². The summed E-state index contributed by atoms with van der Waals surface area (Å²) in [4.78, 5) is 2.38. The number of ether oxygens (including phenoxy) is 2. The smallest absolute Gasteiger partial charge is 0.256 e. The average Bonchev–Trinajstić information content (AvgIpc) is 2.74. The Morgan fingerprint density at radius 1 is 0.844 bits per heavy atom. The van der Waals surface area contributed by atoms with Gasteiger partial charge in [0.1, 0.15) is 6.61 Å². The van der Waals surface area contributed by atoms with Crippen LogP contribution in [-0.2, 0) is 9.47 Å². The molecule has 0 aliphatic carbocycles. The molecule has 0 unspecified atom stereocenters. The SMILES string of the molecule is CC(C)=CCCC(C)=CCCC(C)=CCCC(C)=CCOC(=S)NCCN1CCOCC1. The van der Waals surface area contributed by atoms with Crippen LogP contribution in [0.4, 0.5) is 0 Å². The van der Waals surface area contributed by atoms with E-state index in [-0.39, 0.29) is 0 Å². The van der Waals surface area contributed by atoms with Crippen LogP contribution in [0.15, 0.2) is 46.6 Å². The fourth-order valence-electron chi connectivity index (χ4n) is 3.44. The third-order valence-corrected chi connectivity index (χ3v) is 5.86. The number of allylic oxidation sites excluding steroid dienone is 7. The van der Waals surface area contributed by atoms with Gasteiger partial charge in [-0.05, 0) is 91.4 Å². The Balaban J connectivity index is 2.11. The molecule has 1 saturated heterocycles. The summed E-state index contributed by atoms with van der Waals surface area (Å²) in [5, 5.41) is 3.67. The highest BCUT2D eigenvalue weighted by Gasteiger charge is 2.09. The van der Waals surface area contributed by atoms with E-state index in [0.717, 1.165) is 71.5 Å². The molecule has 1 rings (SSSR count). The first-order valence-corrected chi connectivity index (χ1v) is 12.6. The van der Waals surface area contributed by atoms with Gasteiger partial charge in [0, 0.05) is 26.2 Å². The minimum absolute atomic E-state index is 0.488. The van der Waals surface area contributed by atoms with E-state index < -0.39 is 0 Å². The van der Waals surface area contributed by atoms with Gasteiger partial charge in [-0.15, -0.1) is 0 Å². The number of thiocarbonyl (C=S) groups is 1. The monoisotopic (exact) mass is 462 g/mol. The molecule has 1 aliphatic rings. The molecule has 1 heterocycles. The maximum absolute atomic E-state index is 5.62. The van der Waals surface area contributed by atoms with Crippen LogP contribution in [-0.4, -0.2) is 56.1 Å². The zero-order valence-electron chi connectivity index (χ0n) is 21.2. The second-order valence-corrected chi connectivity index (χ2v) is 9.40. The molecule has 0 aromatic heterocycles. The Morgan fingerprint density at radius 3 is 1.94 bits per heavy atom. The molecule has 1 N–H and O–H groups in total. The number of rotatable bonds is 14. The van der Waals surface area contributed by atoms with E-state index in [1.165, 1.54) is 28.7 Å². The summed E-state index contributed by atoms with van der Waals surface area (Å²) >= 11 is 5.27. The Kier molecular flexibility index (Phi) is 16.1. The van der Waals surface area contributed by atoms with E-state index >= 15 is 0 Å². The van der Waals surface area contributed by atoms with Crippen molar-refractivity contribution in [2.24, 2.45) is 0 Å². The number of hydrogen-bond acceptors (Lipinski definition) is 4. The van der Waals surface area contributed by atoms with Gasteiger partial charge in [0.05, 0.1) is 13.2 Å². The van der Waals surface area contributed by atoms with Crippen molar-refractivity contribution in [3.8, 4) is 0 Å². The molecular formula is C27H46N2O2S. The number of nitrogens with one attached hydrogen (secondary N) is 1. The van der Waals surface area contributed by atoms with Crippen molar-refractivity contribution in [1.82, 2.24) is 10.2 Å². The highest BCUT2D eigenvalue weighted by atomic mass is 32.1.